The largest absolute Gasteiger partial charge is 0.478 e. The van der Waals surface area contributed by atoms with Crippen LogP contribution >= 0.6 is 15.9 Å². The number of carboxylic acid groups (broad SMARTS) is 1. The van der Waals surface area contributed by atoms with Crippen molar-refractivity contribution in [3.8, 4) is 0 Å². The number of aromatic carboxylic acids is 1. The highest BCUT2D eigenvalue weighted by Crippen LogP contribution is 2.15. The molecule has 6 heteroatoms. The van der Waals surface area contributed by atoms with Crippen LogP contribution in [0.1, 0.15) is 16.1 Å². The van der Waals surface area contributed by atoms with Crippen LogP contribution in [0, 0.1) is 0 Å². The van der Waals surface area contributed by atoms with Crippen molar-refractivity contribution in [1.82, 2.24) is 0 Å². The average molecular weight is 309 g/mol. The van der Waals surface area contributed by atoms with Gasteiger partial charge in [-0.3, -0.25) is 5.43 Å². The van der Waals surface area contributed by atoms with Crippen LogP contribution in [0.4, 0.5) is 5.69 Å². The molecule has 0 unspecified atom stereocenters. The van der Waals surface area contributed by atoms with E-state index in [-0.39, 0.29) is 5.56 Å². The van der Waals surface area contributed by atoms with Gasteiger partial charge in [0.05, 0.1) is 17.5 Å². The Labute approximate surface area is 111 Å². The zero-order chi connectivity index (χ0) is 13.0. The molecule has 1 aromatic carbocycles. The summed E-state index contributed by atoms with van der Waals surface area (Å²) in [5.41, 5.74) is 3.25. The average Bonchev–Trinajstić information content (AvgIpc) is 2.75. The number of para-hydroxylation sites is 1. The van der Waals surface area contributed by atoms with E-state index in [1.54, 1.807) is 30.3 Å². The molecule has 0 radical (unpaired) electrons. The molecule has 2 aromatic rings. The van der Waals surface area contributed by atoms with Crippen molar-refractivity contribution < 1.29 is 14.3 Å². The summed E-state index contributed by atoms with van der Waals surface area (Å²) in [6, 6.07) is 10.0. The minimum Gasteiger partial charge on any atom is -0.478 e. The summed E-state index contributed by atoms with van der Waals surface area (Å²) in [5, 5.41) is 12.9. The molecule has 2 N–H and O–H groups in total. The zero-order valence-electron chi connectivity index (χ0n) is 9.13. The Balaban J connectivity index is 2.11. The highest BCUT2D eigenvalue weighted by Gasteiger charge is 2.07. The monoisotopic (exact) mass is 308 g/mol. The van der Waals surface area contributed by atoms with Gasteiger partial charge in [-0.25, -0.2) is 4.79 Å². The number of nitrogens with zero attached hydrogens (tertiary/aromatic N) is 1. The number of carbonyl (C=O) groups is 1. The first-order valence-corrected chi connectivity index (χ1v) is 5.83. The summed E-state index contributed by atoms with van der Waals surface area (Å²) >= 11 is 3.17. The highest BCUT2D eigenvalue weighted by atomic mass is 79.9. The summed E-state index contributed by atoms with van der Waals surface area (Å²) in [4.78, 5) is 10.9. The van der Waals surface area contributed by atoms with Crippen LogP contribution in [0.5, 0.6) is 0 Å². The molecule has 0 aliphatic carbocycles. The molecule has 5 nitrogen and oxygen atoms in total. The molecule has 0 amide bonds. The quantitative estimate of drug-likeness (QED) is 0.672. The fraction of sp³-hybridized carbons (Fsp3) is 0. The third kappa shape index (κ3) is 2.98. The molecular formula is C12H9BrN2O3. The Morgan fingerprint density at radius 1 is 1.33 bits per heavy atom. The summed E-state index contributed by atoms with van der Waals surface area (Å²) in [7, 11) is 0. The highest BCUT2D eigenvalue weighted by molar-refractivity contribution is 9.10. The second-order valence-electron chi connectivity index (χ2n) is 3.36. The summed E-state index contributed by atoms with van der Waals surface area (Å²) in [6.45, 7) is 0. The molecule has 1 aromatic heterocycles. The van der Waals surface area contributed by atoms with Gasteiger partial charge in [-0.15, -0.1) is 0 Å². The van der Waals surface area contributed by atoms with E-state index in [9.17, 15) is 4.79 Å². The minimum atomic E-state index is -1.01. The normalized spacial score (nSPS) is 10.7. The molecule has 0 saturated carbocycles. The van der Waals surface area contributed by atoms with Gasteiger partial charge in [-0.1, -0.05) is 12.1 Å². The van der Waals surface area contributed by atoms with Crippen molar-refractivity contribution in [2.45, 2.75) is 0 Å². The van der Waals surface area contributed by atoms with Gasteiger partial charge in [-0.2, -0.15) is 5.10 Å². The van der Waals surface area contributed by atoms with E-state index in [4.69, 9.17) is 9.52 Å². The zero-order valence-corrected chi connectivity index (χ0v) is 10.7. The lowest BCUT2D eigenvalue weighted by molar-refractivity contribution is 0.0698. The van der Waals surface area contributed by atoms with Gasteiger partial charge >= 0.3 is 5.97 Å². The molecule has 1 heterocycles. The van der Waals surface area contributed by atoms with Crippen LogP contribution in [-0.4, -0.2) is 17.3 Å². The predicted octanol–water partition coefficient (Wildman–Crippen LogP) is 3.19. The molecule has 0 aliphatic heterocycles. The molecule has 92 valence electrons. The maximum atomic E-state index is 10.9. The Bertz CT molecular complexity index is 593. The number of carboxylic acids is 1. The fourth-order valence-corrected chi connectivity index (χ4v) is 1.65. The number of hydrogen-bond acceptors (Lipinski definition) is 4. The second kappa shape index (κ2) is 5.50. The van der Waals surface area contributed by atoms with Crippen molar-refractivity contribution in [3.63, 3.8) is 0 Å². The molecule has 0 spiro atoms. The lowest BCUT2D eigenvalue weighted by Gasteiger charge is -2.03. The van der Waals surface area contributed by atoms with Crippen LogP contribution < -0.4 is 5.43 Å². The van der Waals surface area contributed by atoms with Gasteiger partial charge in [0.25, 0.3) is 0 Å². The number of rotatable bonds is 4. The standard InChI is InChI=1S/C12H9BrN2O3/c13-11-6-5-8(18-11)7-14-15-10-4-2-1-3-9(10)12(16)17/h1-7,15H,(H,16,17)/b14-7+. The van der Waals surface area contributed by atoms with Gasteiger partial charge in [0, 0.05) is 0 Å². The number of furan rings is 1. The molecule has 0 saturated heterocycles. The summed E-state index contributed by atoms with van der Waals surface area (Å²) < 4.78 is 5.82. The maximum absolute atomic E-state index is 10.9. The first-order chi connectivity index (χ1) is 8.66. The Hall–Kier alpha value is -2.08. The number of hydrazone groups is 1. The van der Waals surface area contributed by atoms with E-state index in [1.165, 1.54) is 12.3 Å². The van der Waals surface area contributed by atoms with Crippen molar-refractivity contribution in [3.05, 3.63) is 52.4 Å². The first kappa shape index (κ1) is 12.4. The predicted molar refractivity (Wildman–Crippen MR) is 71.0 cm³/mol. The van der Waals surface area contributed by atoms with E-state index in [0.29, 0.717) is 16.1 Å². The SMILES string of the molecule is O=C(O)c1ccccc1N/N=C/c1ccc(Br)o1. The van der Waals surface area contributed by atoms with Crippen LogP contribution in [0.15, 0.2) is 50.6 Å². The van der Waals surface area contributed by atoms with Gasteiger partial charge in [0.2, 0.25) is 0 Å². The summed E-state index contributed by atoms with van der Waals surface area (Å²) in [5.74, 6) is -0.448. The van der Waals surface area contributed by atoms with Gasteiger partial charge < -0.3 is 9.52 Å². The minimum absolute atomic E-state index is 0.162. The van der Waals surface area contributed by atoms with E-state index in [1.807, 2.05) is 0 Å². The van der Waals surface area contributed by atoms with E-state index < -0.39 is 5.97 Å². The van der Waals surface area contributed by atoms with Gasteiger partial charge in [-0.05, 0) is 40.2 Å². The van der Waals surface area contributed by atoms with Crippen LogP contribution in [0.25, 0.3) is 0 Å². The van der Waals surface area contributed by atoms with Crippen molar-refractivity contribution in [2.24, 2.45) is 5.10 Å². The number of hydrogen-bond donors (Lipinski definition) is 2. The van der Waals surface area contributed by atoms with E-state index >= 15 is 0 Å². The lowest BCUT2D eigenvalue weighted by atomic mass is 10.2. The van der Waals surface area contributed by atoms with Crippen LogP contribution in [0.3, 0.4) is 0 Å². The molecule has 2 rings (SSSR count). The van der Waals surface area contributed by atoms with Gasteiger partial charge in [0.1, 0.15) is 5.76 Å². The molecule has 0 atom stereocenters. The number of halogens is 1. The van der Waals surface area contributed by atoms with Crippen molar-refractivity contribution in [1.29, 1.82) is 0 Å². The van der Waals surface area contributed by atoms with Crippen molar-refractivity contribution >= 4 is 33.8 Å². The third-order valence-electron chi connectivity index (χ3n) is 2.13. The van der Waals surface area contributed by atoms with Crippen molar-refractivity contribution in [2.75, 3.05) is 5.43 Å². The molecule has 0 fully saturated rings. The Kier molecular flexibility index (Phi) is 3.78. The second-order valence-corrected chi connectivity index (χ2v) is 4.14. The summed E-state index contributed by atoms with van der Waals surface area (Å²) in [6.07, 6.45) is 1.46. The smallest absolute Gasteiger partial charge is 0.337 e. The molecular weight excluding hydrogens is 300 g/mol. The maximum Gasteiger partial charge on any atom is 0.337 e. The van der Waals surface area contributed by atoms with Crippen LogP contribution in [0.2, 0.25) is 0 Å². The Morgan fingerprint density at radius 3 is 2.78 bits per heavy atom. The lowest BCUT2D eigenvalue weighted by Crippen LogP contribution is -2.01. The Morgan fingerprint density at radius 2 is 2.11 bits per heavy atom. The molecule has 0 bridgehead atoms. The fourth-order valence-electron chi connectivity index (χ4n) is 1.33. The van der Waals surface area contributed by atoms with E-state index in [2.05, 4.69) is 26.5 Å². The third-order valence-corrected chi connectivity index (χ3v) is 2.55. The van der Waals surface area contributed by atoms with E-state index in [0.717, 1.165) is 0 Å². The number of benzene rings is 1. The van der Waals surface area contributed by atoms with Crippen LogP contribution in [-0.2, 0) is 0 Å². The molecule has 18 heavy (non-hydrogen) atoms. The topological polar surface area (TPSA) is 74.8 Å². The molecule has 0 aliphatic rings. The first-order valence-electron chi connectivity index (χ1n) is 5.03. The van der Waals surface area contributed by atoms with Gasteiger partial charge in [0.15, 0.2) is 4.67 Å². The number of anilines is 1. The number of nitrogens with one attached hydrogen (secondary N) is 1.